The molecule has 0 aliphatic rings. The van der Waals surface area contributed by atoms with Gasteiger partial charge in [-0.25, -0.2) is 0 Å². The van der Waals surface area contributed by atoms with Gasteiger partial charge in [0.15, 0.2) is 4.90 Å². The van der Waals surface area contributed by atoms with E-state index in [2.05, 4.69) is 20.8 Å². The summed E-state index contributed by atoms with van der Waals surface area (Å²) in [6.07, 6.45) is 2.70. The average molecular weight is 498 g/mol. The maximum Gasteiger partial charge on any atom is 0.224 e. The molecule has 1 atom stereocenters. The second kappa shape index (κ2) is 12.7. The van der Waals surface area contributed by atoms with Crippen molar-refractivity contribution >= 4 is 22.8 Å². The molecule has 3 rings (SSSR count). The summed E-state index contributed by atoms with van der Waals surface area (Å²) in [7, 11) is 7.43. The number of nitrogens with zero attached hydrogens (tertiary/aromatic N) is 2. The number of rotatable bonds is 12. The Hall–Kier alpha value is -2.85. The number of ether oxygens (including phenoxy) is 1. The summed E-state index contributed by atoms with van der Waals surface area (Å²) in [6, 6.07) is 11.6. The molecular weight excluding hydrogens is 462 g/mol. The van der Waals surface area contributed by atoms with Crippen LogP contribution in [0, 0.1) is 6.92 Å². The molecule has 1 unspecified atom stereocenters. The zero-order chi connectivity index (χ0) is 25.4. The van der Waals surface area contributed by atoms with Gasteiger partial charge < -0.3 is 24.8 Å². The van der Waals surface area contributed by atoms with Gasteiger partial charge in [-0.1, -0.05) is 12.1 Å². The molecule has 1 aromatic heterocycles. The van der Waals surface area contributed by atoms with Crippen molar-refractivity contribution in [1.82, 2.24) is 20.4 Å². The fraction of sp³-hybridized carbons (Fsp3) is 0.385. The minimum atomic E-state index is -1.27. The summed E-state index contributed by atoms with van der Waals surface area (Å²) in [5.41, 5.74) is 5.50. The van der Waals surface area contributed by atoms with Gasteiger partial charge in [0, 0.05) is 37.3 Å². The number of carbonyl (C=O) groups excluding carboxylic acids is 1. The third kappa shape index (κ3) is 7.32. The zero-order valence-corrected chi connectivity index (χ0v) is 21.9. The first kappa shape index (κ1) is 26.7. The first-order valence-electron chi connectivity index (χ1n) is 11.6. The molecular formula is C26H35N5O3S. The van der Waals surface area contributed by atoms with E-state index in [0.29, 0.717) is 42.3 Å². The predicted molar refractivity (Wildman–Crippen MR) is 141 cm³/mol. The molecule has 0 saturated carbocycles. The number of aromatic amines is 1. The van der Waals surface area contributed by atoms with E-state index in [1.807, 2.05) is 75.6 Å². The van der Waals surface area contributed by atoms with E-state index in [1.54, 1.807) is 7.11 Å². The van der Waals surface area contributed by atoms with Crippen LogP contribution in [-0.4, -0.2) is 66.1 Å². The number of aromatic nitrogens is 2. The van der Waals surface area contributed by atoms with Crippen molar-refractivity contribution in [3.8, 4) is 16.9 Å². The first-order valence-corrected chi connectivity index (χ1v) is 12.9. The van der Waals surface area contributed by atoms with Crippen molar-refractivity contribution in [2.75, 3.05) is 45.9 Å². The van der Waals surface area contributed by atoms with Crippen LogP contribution in [0.25, 0.3) is 11.1 Å². The Kier molecular flexibility index (Phi) is 9.73. The van der Waals surface area contributed by atoms with Gasteiger partial charge in [0.25, 0.3) is 0 Å². The molecule has 0 bridgehead atoms. The number of methoxy groups -OCH3 is 1. The number of anilines is 1. The van der Waals surface area contributed by atoms with Gasteiger partial charge >= 0.3 is 0 Å². The van der Waals surface area contributed by atoms with E-state index in [4.69, 9.17) is 4.74 Å². The van der Waals surface area contributed by atoms with Crippen molar-refractivity contribution in [1.29, 1.82) is 0 Å². The summed E-state index contributed by atoms with van der Waals surface area (Å²) >= 11 is -1.27. The summed E-state index contributed by atoms with van der Waals surface area (Å²) in [5.74, 6) is 1.12. The van der Waals surface area contributed by atoms with Crippen LogP contribution in [0.1, 0.15) is 23.2 Å². The minimum absolute atomic E-state index is 0.124. The Morgan fingerprint density at radius 3 is 2.66 bits per heavy atom. The monoisotopic (exact) mass is 497 g/mol. The molecule has 0 radical (unpaired) electrons. The number of H-pyrrole nitrogens is 1. The predicted octanol–water partition coefficient (Wildman–Crippen LogP) is 3.35. The third-order valence-electron chi connectivity index (χ3n) is 5.77. The maximum atomic E-state index is 13.2. The fourth-order valence-electron chi connectivity index (χ4n) is 3.79. The van der Waals surface area contributed by atoms with E-state index >= 15 is 0 Å². The van der Waals surface area contributed by atoms with Crippen molar-refractivity contribution in [2.24, 2.45) is 0 Å². The van der Waals surface area contributed by atoms with Gasteiger partial charge in [0.05, 0.1) is 18.5 Å². The van der Waals surface area contributed by atoms with Crippen LogP contribution in [0.15, 0.2) is 47.5 Å². The fourth-order valence-corrected chi connectivity index (χ4v) is 5.17. The van der Waals surface area contributed by atoms with Gasteiger partial charge in [-0.15, -0.1) is 0 Å². The van der Waals surface area contributed by atoms with E-state index < -0.39 is 11.2 Å². The Labute approximate surface area is 210 Å². The van der Waals surface area contributed by atoms with E-state index in [-0.39, 0.29) is 5.91 Å². The highest BCUT2D eigenvalue weighted by Gasteiger charge is 2.20. The first-order chi connectivity index (χ1) is 16.8. The molecule has 35 heavy (non-hydrogen) atoms. The number of amides is 1. The number of aryl methyl sites for hydroxylation is 2. The molecule has 188 valence electrons. The van der Waals surface area contributed by atoms with Crippen molar-refractivity contribution in [2.45, 2.75) is 31.2 Å². The molecule has 8 nitrogen and oxygen atoms in total. The molecule has 3 N–H and O–H groups in total. The Bertz CT molecular complexity index is 1130. The number of hydrogen-bond donors (Lipinski definition) is 3. The normalized spacial score (nSPS) is 12.1. The average Bonchev–Trinajstić information content (AvgIpc) is 3.28. The summed E-state index contributed by atoms with van der Waals surface area (Å²) < 4.78 is 18.6. The van der Waals surface area contributed by atoms with Crippen LogP contribution in [0.4, 0.5) is 5.69 Å². The largest absolute Gasteiger partial charge is 0.611 e. The lowest BCUT2D eigenvalue weighted by atomic mass is 10.0. The molecule has 0 saturated heterocycles. The lowest BCUT2D eigenvalue weighted by molar-refractivity contribution is -0.116. The van der Waals surface area contributed by atoms with Crippen LogP contribution in [0.5, 0.6) is 5.75 Å². The number of benzene rings is 2. The number of nitrogens with one attached hydrogen (secondary N) is 3. The molecule has 3 aromatic rings. The molecule has 0 spiro atoms. The number of hydrogen-bond acceptors (Lipinski definition) is 6. The zero-order valence-electron chi connectivity index (χ0n) is 21.1. The molecule has 2 aromatic carbocycles. The quantitative estimate of drug-likeness (QED) is 0.332. The second-order valence-electron chi connectivity index (χ2n) is 8.66. The summed E-state index contributed by atoms with van der Waals surface area (Å²) in [5, 5.41) is 13.2. The third-order valence-corrected chi connectivity index (χ3v) is 7.15. The second-order valence-corrected chi connectivity index (χ2v) is 10.2. The van der Waals surface area contributed by atoms with Crippen LogP contribution < -0.4 is 15.4 Å². The minimum Gasteiger partial charge on any atom is -0.611 e. The summed E-state index contributed by atoms with van der Waals surface area (Å²) in [6.45, 7) is 3.31. The SMILES string of the molecule is CNCc1ccc(OC)cc1CCC(=O)Nc1ccc(-c2c[nH]nc2C)cc1[S+]([O-])CCN(C)C. The van der Waals surface area contributed by atoms with Gasteiger partial charge in [-0.05, 0) is 80.6 Å². The Morgan fingerprint density at radius 1 is 1.20 bits per heavy atom. The molecule has 0 aliphatic heterocycles. The highest BCUT2D eigenvalue weighted by atomic mass is 32.2. The highest BCUT2D eigenvalue weighted by molar-refractivity contribution is 7.91. The van der Waals surface area contributed by atoms with Gasteiger partial charge in [0.1, 0.15) is 11.5 Å². The van der Waals surface area contributed by atoms with Crippen LogP contribution in [0.2, 0.25) is 0 Å². The van der Waals surface area contributed by atoms with Gasteiger partial charge in [-0.2, -0.15) is 5.10 Å². The van der Waals surface area contributed by atoms with E-state index in [9.17, 15) is 9.35 Å². The molecule has 9 heteroatoms. The van der Waals surface area contributed by atoms with Crippen molar-refractivity contribution in [3.05, 3.63) is 59.4 Å². The smallest absolute Gasteiger partial charge is 0.224 e. The highest BCUT2D eigenvalue weighted by Crippen LogP contribution is 2.30. The molecule has 1 heterocycles. The van der Waals surface area contributed by atoms with Crippen molar-refractivity contribution in [3.63, 3.8) is 0 Å². The Morgan fingerprint density at radius 2 is 2.00 bits per heavy atom. The molecule has 0 fully saturated rings. The van der Waals surface area contributed by atoms with Crippen LogP contribution in [0.3, 0.4) is 0 Å². The Balaban J connectivity index is 1.79. The van der Waals surface area contributed by atoms with Crippen LogP contribution in [-0.2, 0) is 28.9 Å². The topological polar surface area (TPSA) is 105 Å². The lowest BCUT2D eigenvalue weighted by Crippen LogP contribution is -2.23. The lowest BCUT2D eigenvalue weighted by Gasteiger charge is -2.18. The standard InChI is InChI=1S/C26H35N5O3S/c1-18-23(17-28-30-18)20-7-10-24(25(15-20)35(33)13-12-31(3)4)29-26(32)11-8-19-14-22(34-5)9-6-21(19)16-27-2/h6-7,9-10,14-15,17,27H,8,11-13,16H2,1-5H3,(H,28,30)(H,29,32). The van der Waals surface area contributed by atoms with Gasteiger partial charge in [0.2, 0.25) is 5.91 Å². The van der Waals surface area contributed by atoms with Gasteiger partial charge in [-0.3, -0.25) is 9.89 Å². The van der Waals surface area contributed by atoms with E-state index in [1.165, 1.54) is 0 Å². The van der Waals surface area contributed by atoms with Crippen molar-refractivity contribution < 1.29 is 14.1 Å². The molecule has 1 amide bonds. The van der Waals surface area contributed by atoms with Crippen LogP contribution >= 0.6 is 0 Å². The van der Waals surface area contributed by atoms with E-state index in [0.717, 1.165) is 33.7 Å². The number of carbonyl (C=O) groups is 1. The molecule has 0 aliphatic carbocycles. The summed E-state index contributed by atoms with van der Waals surface area (Å²) in [4.78, 5) is 15.6. The maximum absolute atomic E-state index is 13.2.